The fraction of sp³-hybridized carbons (Fsp3) is 0.562. The molecule has 0 aliphatic carbocycles. The maximum atomic E-state index is 12.7. The second-order valence-corrected chi connectivity index (χ2v) is 9.19. The van der Waals surface area contributed by atoms with Crippen LogP contribution in [0.5, 0.6) is 0 Å². The van der Waals surface area contributed by atoms with E-state index in [9.17, 15) is 13.2 Å². The zero-order valence-corrected chi connectivity index (χ0v) is 16.4. The van der Waals surface area contributed by atoms with Crippen molar-refractivity contribution in [2.75, 3.05) is 39.3 Å². The summed E-state index contributed by atoms with van der Waals surface area (Å²) in [6, 6.07) is 6.73. The van der Waals surface area contributed by atoms with Crippen LogP contribution in [-0.2, 0) is 14.8 Å². The molecule has 1 aromatic carbocycles. The van der Waals surface area contributed by atoms with Gasteiger partial charge in [-0.25, -0.2) is 8.42 Å². The van der Waals surface area contributed by atoms with Gasteiger partial charge in [0.05, 0.1) is 11.4 Å². The van der Waals surface area contributed by atoms with E-state index >= 15 is 0 Å². The number of hydrogen-bond acceptors (Lipinski definition) is 4. The van der Waals surface area contributed by atoms with Gasteiger partial charge < -0.3 is 5.32 Å². The van der Waals surface area contributed by atoms with Crippen LogP contribution in [0.3, 0.4) is 0 Å². The van der Waals surface area contributed by atoms with E-state index in [1.165, 1.54) is 4.31 Å². The van der Waals surface area contributed by atoms with E-state index < -0.39 is 10.0 Å². The molecule has 0 bridgehead atoms. The summed E-state index contributed by atoms with van der Waals surface area (Å²) in [6.45, 7) is 6.98. The highest BCUT2D eigenvalue weighted by Gasteiger charge is 2.29. The van der Waals surface area contributed by atoms with Gasteiger partial charge in [0.15, 0.2) is 0 Å². The van der Waals surface area contributed by atoms with Crippen LogP contribution >= 0.6 is 15.9 Å². The van der Waals surface area contributed by atoms with Crippen LogP contribution in [0, 0.1) is 5.92 Å². The van der Waals surface area contributed by atoms with E-state index in [4.69, 9.17) is 0 Å². The molecule has 0 atom stereocenters. The molecule has 1 aliphatic heterocycles. The summed E-state index contributed by atoms with van der Waals surface area (Å²) in [4.78, 5) is 14.1. The number of rotatable bonds is 6. The van der Waals surface area contributed by atoms with E-state index in [1.54, 1.807) is 24.3 Å². The number of nitrogens with zero attached hydrogens (tertiary/aromatic N) is 2. The van der Waals surface area contributed by atoms with Crippen LogP contribution in [-0.4, -0.2) is 62.8 Å². The first-order chi connectivity index (χ1) is 11.3. The van der Waals surface area contributed by atoms with Crippen LogP contribution in [0.4, 0.5) is 0 Å². The molecule has 24 heavy (non-hydrogen) atoms. The molecule has 0 unspecified atom stereocenters. The third kappa shape index (κ3) is 5.27. The van der Waals surface area contributed by atoms with Crippen molar-refractivity contribution in [2.24, 2.45) is 5.92 Å². The van der Waals surface area contributed by atoms with E-state index in [0.717, 1.165) is 4.47 Å². The molecule has 8 heteroatoms. The molecule has 1 aliphatic rings. The molecule has 0 radical (unpaired) electrons. The maximum Gasteiger partial charge on any atom is 0.243 e. The molecule has 1 amide bonds. The van der Waals surface area contributed by atoms with Crippen molar-refractivity contribution in [1.29, 1.82) is 0 Å². The molecule has 134 valence electrons. The monoisotopic (exact) mass is 417 g/mol. The fourth-order valence-corrected chi connectivity index (χ4v) is 4.50. The molecule has 0 aromatic heterocycles. The van der Waals surface area contributed by atoms with Crippen molar-refractivity contribution in [1.82, 2.24) is 14.5 Å². The SMILES string of the molecule is CC(C)CNC(=O)CN1CCN(S(=O)(=O)c2cccc(Br)c2)CC1. The normalized spacial score (nSPS) is 17.2. The molecule has 2 rings (SSSR count). The van der Waals surface area contributed by atoms with E-state index in [1.807, 2.05) is 18.7 Å². The molecule has 1 fully saturated rings. The Balaban J connectivity index is 1.89. The third-order valence-corrected chi connectivity index (χ3v) is 6.23. The Hall–Kier alpha value is -0.960. The van der Waals surface area contributed by atoms with Crippen molar-refractivity contribution in [3.63, 3.8) is 0 Å². The standard InChI is InChI=1S/C16H24BrN3O3S/c1-13(2)11-18-16(21)12-19-6-8-20(9-7-19)24(22,23)15-5-3-4-14(17)10-15/h3-5,10,13H,6-9,11-12H2,1-2H3,(H,18,21). The van der Waals surface area contributed by atoms with Gasteiger partial charge in [0.25, 0.3) is 0 Å². The summed E-state index contributed by atoms with van der Waals surface area (Å²) >= 11 is 3.30. The highest BCUT2D eigenvalue weighted by atomic mass is 79.9. The second kappa shape index (κ2) is 8.42. The van der Waals surface area contributed by atoms with Crippen molar-refractivity contribution < 1.29 is 13.2 Å². The maximum absolute atomic E-state index is 12.7. The molecule has 1 saturated heterocycles. The highest BCUT2D eigenvalue weighted by molar-refractivity contribution is 9.10. The van der Waals surface area contributed by atoms with E-state index in [-0.39, 0.29) is 5.91 Å². The summed E-state index contributed by atoms with van der Waals surface area (Å²) < 4.78 is 27.5. The van der Waals surface area contributed by atoms with Crippen molar-refractivity contribution >= 4 is 31.9 Å². The van der Waals surface area contributed by atoms with Crippen molar-refractivity contribution in [2.45, 2.75) is 18.7 Å². The third-order valence-electron chi connectivity index (χ3n) is 3.84. The Labute approximate surface area is 152 Å². The quantitative estimate of drug-likeness (QED) is 0.761. The van der Waals surface area contributed by atoms with Gasteiger partial charge in [0, 0.05) is 37.2 Å². The number of piperazine rings is 1. The molecule has 1 heterocycles. The fourth-order valence-electron chi connectivity index (χ4n) is 2.48. The van der Waals surface area contributed by atoms with Gasteiger partial charge in [-0.15, -0.1) is 0 Å². The Morgan fingerprint density at radius 1 is 1.25 bits per heavy atom. The summed E-state index contributed by atoms with van der Waals surface area (Å²) in [5, 5.41) is 2.89. The number of benzene rings is 1. The summed E-state index contributed by atoms with van der Waals surface area (Å²) in [7, 11) is -3.48. The van der Waals surface area contributed by atoms with Crippen LogP contribution < -0.4 is 5.32 Å². The van der Waals surface area contributed by atoms with E-state index in [2.05, 4.69) is 21.2 Å². The van der Waals surface area contributed by atoms with Crippen molar-refractivity contribution in [3.05, 3.63) is 28.7 Å². The Bertz CT molecular complexity index is 671. The summed E-state index contributed by atoms with van der Waals surface area (Å²) in [6.07, 6.45) is 0. The Morgan fingerprint density at radius 3 is 2.50 bits per heavy atom. The lowest BCUT2D eigenvalue weighted by atomic mass is 10.2. The number of hydrogen-bond donors (Lipinski definition) is 1. The molecule has 0 saturated carbocycles. The zero-order valence-electron chi connectivity index (χ0n) is 14.0. The first-order valence-corrected chi connectivity index (χ1v) is 10.3. The number of amides is 1. The Kier molecular flexibility index (Phi) is 6.79. The van der Waals surface area contributed by atoms with Gasteiger partial charge >= 0.3 is 0 Å². The highest BCUT2D eigenvalue weighted by Crippen LogP contribution is 2.21. The first kappa shape index (κ1) is 19.4. The minimum Gasteiger partial charge on any atom is -0.355 e. The molecule has 1 aromatic rings. The second-order valence-electron chi connectivity index (χ2n) is 6.34. The van der Waals surface area contributed by atoms with Gasteiger partial charge in [0.2, 0.25) is 15.9 Å². The van der Waals surface area contributed by atoms with Gasteiger partial charge in [-0.3, -0.25) is 9.69 Å². The average Bonchev–Trinajstić information content (AvgIpc) is 2.53. The van der Waals surface area contributed by atoms with Crippen LogP contribution in [0.1, 0.15) is 13.8 Å². The largest absolute Gasteiger partial charge is 0.355 e. The smallest absolute Gasteiger partial charge is 0.243 e. The first-order valence-electron chi connectivity index (χ1n) is 8.04. The molecule has 6 nitrogen and oxygen atoms in total. The van der Waals surface area contributed by atoms with Gasteiger partial charge in [-0.2, -0.15) is 4.31 Å². The summed E-state index contributed by atoms with van der Waals surface area (Å²) in [5.41, 5.74) is 0. The molecular formula is C16H24BrN3O3S. The molecular weight excluding hydrogens is 394 g/mol. The van der Waals surface area contributed by atoms with Gasteiger partial charge in [-0.05, 0) is 24.1 Å². The minimum atomic E-state index is -3.48. The number of carbonyl (C=O) groups is 1. The summed E-state index contributed by atoms with van der Waals surface area (Å²) in [5.74, 6) is 0.410. The topological polar surface area (TPSA) is 69.7 Å². The predicted octanol–water partition coefficient (Wildman–Crippen LogP) is 1.53. The average molecular weight is 418 g/mol. The lowest BCUT2D eigenvalue weighted by Crippen LogP contribution is -2.51. The number of carbonyl (C=O) groups excluding carboxylic acids is 1. The van der Waals surface area contributed by atoms with Crippen LogP contribution in [0.15, 0.2) is 33.6 Å². The van der Waals surface area contributed by atoms with Gasteiger partial charge in [-0.1, -0.05) is 35.8 Å². The van der Waals surface area contributed by atoms with Gasteiger partial charge in [0.1, 0.15) is 0 Å². The van der Waals surface area contributed by atoms with Crippen LogP contribution in [0.2, 0.25) is 0 Å². The lowest BCUT2D eigenvalue weighted by Gasteiger charge is -2.33. The van der Waals surface area contributed by atoms with Crippen molar-refractivity contribution in [3.8, 4) is 0 Å². The van der Waals surface area contributed by atoms with Crippen LogP contribution in [0.25, 0.3) is 0 Å². The number of sulfonamides is 1. The minimum absolute atomic E-state index is 0.00741. The molecule has 0 spiro atoms. The number of nitrogens with one attached hydrogen (secondary N) is 1. The van der Waals surface area contributed by atoms with E-state index in [0.29, 0.717) is 50.1 Å². The lowest BCUT2D eigenvalue weighted by molar-refractivity contribution is -0.122. The predicted molar refractivity (Wildman–Crippen MR) is 97.2 cm³/mol. The Morgan fingerprint density at radius 2 is 1.92 bits per heavy atom. The zero-order chi connectivity index (χ0) is 17.7. The molecule has 1 N–H and O–H groups in total. The number of halogens is 1.